The normalized spacial score (nSPS) is 14.3. The zero-order valence-electron chi connectivity index (χ0n) is 21.4. The van der Waals surface area contributed by atoms with Crippen molar-refractivity contribution in [3.8, 4) is 0 Å². The van der Waals surface area contributed by atoms with E-state index in [1.165, 1.54) is 5.56 Å². The molecule has 0 radical (unpaired) electrons. The first-order chi connectivity index (χ1) is 18.0. The zero-order valence-corrected chi connectivity index (χ0v) is 23.8. The van der Waals surface area contributed by atoms with E-state index in [-0.39, 0.29) is 17.9 Å². The maximum atomic E-state index is 13.8. The van der Waals surface area contributed by atoms with Crippen molar-refractivity contribution >= 4 is 39.5 Å². The summed E-state index contributed by atoms with van der Waals surface area (Å²) in [5, 5.41) is 3.27. The maximum Gasteiger partial charge on any atom is 0.243 e. The lowest BCUT2D eigenvalue weighted by Crippen LogP contribution is -2.52. The highest BCUT2D eigenvalue weighted by Crippen LogP contribution is 2.22. The monoisotopic (exact) mass is 578 g/mol. The van der Waals surface area contributed by atoms with Crippen LogP contribution in [0.3, 0.4) is 0 Å². The highest BCUT2D eigenvalue weighted by atomic mass is 79.9. The second kappa shape index (κ2) is 13.8. The number of carbonyl (C=O) groups is 2. The number of nitrogens with one attached hydrogen (secondary N) is 1. The Morgan fingerprint density at radius 3 is 2.35 bits per heavy atom. The van der Waals surface area contributed by atoms with Gasteiger partial charge in [0.15, 0.2) is 0 Å². The maximum absolute atomic E-state index is 13.8. The average Bonchev–Trinajstić information content (AvgIpc) is 3.41. The number of nitrogens with zero attached hydrogens (tertiary/aromatic N) is 1. The van der Waals surface area contributed by atoms with Gasteiger partial charge < -0.3 is 10.2 Å². The molecular weight excluding hydrogens is 544 g/mol. The van der Waals surface area contributed by atoms with E-state index in [0.717, 1.165) is 52.6 Å². The van der Waals surface area contributed by atoms with Crippen molar-refractivity contribution in [2.24, 2.45) is 0 Å². The van der Waals surface area contributed by atoms with Crippen LogP contribution in [0.1, 0.15) is 47.9 Å². The third-order valence-corrected chi connectivity index (χ3v) is 8.33. The van der Waals surface area contributed by atoms with E-state index in [9.17, 15) is 9.59 Å². The Morgan fingerprint density at radius 2 is 1.65 bits per heavy atom. The molecule has 1 aliphatic carbocycles. The number of rotatable bonds is 11. The van der Waals surface area contributed by atoms with Gasteiger partial charge in [-0.15, -0.1) is 11.8 Å². The van der Waals surface area contributed by atoms with Crippen LogP contribution in [0.15, 0.2) is 83.3 Å². The Balaban J connectivity index is 1.56. The molecule has 0 spiro atoms. The molecular formula is C31H35BrN2O2S. The van der Waals surface area contributed by atoms with Crippen LogP contribution in [0.25, 0.3) is 0 Å². The summed E-state index contributed by atoms with van der Waals surface area (Å²) in [6.07, 6.45) is 4.81. The lowest BCUT2D eigenvalue weighted by Gasteiger charge is -2.32. The second-order valence-corrected chi connectivity index (χ2v) is 11.7. The summed E-state index contributed by atoms with van der Waals surface area (Å²) in [6.45, 7) is 2.47. The van der Waals surface area contributed by atoms with Crippen LogP contribution in [-0.2, 0) is 28.3 Å². The molecule has 0 aromatic heterocycles. The average molecular weight is 580 g/mol. The molecule has 6 heteroatoms. The SMILES string of the molecule is Cc1cccc(CN(C(=O)CSCc2ccc(Br)cc2)C(Cc2ccccc2)C(=O)NC2CCCC2)c1. The summed E-state index contributed by atoms with van der Waals surface area (Å²) in [4.78, 5) is 29.3. The number of hydrogen-bond acceptors (Lipinski definition) is 3. The molecule has 1 aliphatic rings. The van der Waals surface area contributed by atoms with Crippen LogP contribution < -0.4 is 5.32 Å². The summed E-state index contributed by atoms with van der Waals surface area (Å²) in [5.41, 5.74) is 4.41. The van der Waals surface area contributed by atoms with Gasteiger partial charge in [0.05, 0.1) is 5.75 Å². The molecule has 37 heavy (non-hydrogen) atoms. The summed E-state index contributed by atoms with van der Waals surface area (Å²) in [7, 11) is 0. The van der Waals surface area contributed by atoms with E-state index in [1.807, 2.05) is 54.6 Å². The smallest absolute Gasteiger partial charge is 0.243 e. The van der Waals surface area contributed by atoms with Crippen LogP contribution >= 0.6 is 27.7 Å². The molecule has 0 aliphatic heterocycles. The van der Waals surface area contributed by atoms with Gasteiger partial charge >= 0.3 is 0 Å². The molecule has 1 unspecified atom stereocenters. The predicted octanol–water partition coefficient (Wildman–Crippen LogP) is 6.69. The zero-order chi connectivity index (χ0) is 26.0. The highest BCUT2D eigenvalue weighted by molar-refractivity contribution is 9.10. The Morgan fingerprint density at radius 1 is 0.946 bits per heavy atom. The molecule has 2 amide bonds. The van der Waals surface area contributed by atoms with Crippen LogP contribution in [0.2, 0.25) is 0 Å². The third kappa shape index (κ3) is 8.47. The minimum atomic E-state index is -0.565. The molecule has 4 rings (SSSR count). The largest absolute Gasteiger partial charge is 0.352 e. The lowest BCUT2D eigenvalue weighted by atomic mass is 10.0. The minimum absolute atomic E-state index is 0.00822. The molecule has 4 nitrogen and oxygen atoms in total. The van der Waals surface area contributed by atoms with Crippen molar-refractivity contribution in [1.29, 1.82) is 0 Å². The fourth-order valence-electron chi connectivity index (χ4n) is 4.85. The van der Waals surface area contributed by atoms with Gasteiger partial charge in [-0.05, 0) is 48.6 Å². The van der Waals surface area contributed by atoms with E-state index in [0.29, 0.717) is 18.7 Å². The fraction of sp³-hybridized carbons (Fsp3) is 0.355. The third-order valence-electron chi connectivity index (χ3n) is 6.82. The van der Waals surface area contributed by atoms with Gasteiger partial charge in [-0.1, -0.05) is 101 Å². The van der Waals surface area contributed by atoms with Crippen LogP contribution in [0.4, 0.5) is 0 Å². The number of benzene rings is 3. The summed E-state index contributed by atoms with van der Waals surface area (Å²) < 4.78 is 1.04. The van der Waals surface area contributed by atoms with Crippen LogP contribution in [0, 0.1) is 6.92 Å². The standard InChI is InChI=1S/C31H35BrN2O2S/c1-23-8-7-11-26(18-23)20-34(30(35)22-37-21-25-14-16-27(32)17-15-25)29(19-24-9-3-2-4-10-24)31(36)33-28-12-5-6-13-28/h2-4,7-11,14-18,28-29H,5-6,12-13,19-22H2,1H3,(H,33,36). The molecule has 0 bridgehead atoms. The predicted molar refractivity (Wildman–Crippen MR) is 156 cm³/mol. The topological polar surface area (TPSA) is 49.4 Å². The summed E-state index contributed by atoms with van der Waals surface area (Å²) in [6, 6.07) is 26.0. The number of aryl methyl sites for hydroxylation is 1. The van der Waals surface area contributed by atoms with Gasteiger partial charge in [0, 0.05) is 29.2 Å². The van der Waals surface area contributed by atoms with Gasteiger partial charge in [-0.25, -0.2) is 0 Å². The van der Waals surface area contributed by atoms with Crippen molar-refractivity contribution in [2.75, 3.05) is 5.75 Å². The molecule has 0 saturated heterocycles. The first-order valence-electron chi connectivity index (χ1n) is 13.0. The van der Waals surface area contributed by atoms with Crippen molar-refractivity contribution in [3.63, 3.8) is 0 Å². The van der Waals surface area contributed by atoms with Crippen LogP contribution in [-0.4, -0.2) is 34.6 Å². The molecule has 3 aromatic carbocycles. The van der Waals surface area contributed by atoms with Crippen molar-refractivity contribution in [1.82, 2.24) is 10.2 Å². The van der Waals surface area contributed by atoms with Gasteiger partial charge in [-0.3, -0.25) is 9.59 Å². The Kier molecular flexibility index (Phi) is 10.3. The van der Waals surface area contributed by atoms with Crippen molar-refractivity contribution in [3.05, 3.63) is 106 Å². The van der Waals surface area contributed by atoms with E-state index < -0.39 is 6.04 Å². The number of amides is 2. The van der Waals surface area contributed by atoms with Crippen molar-refractivity contribution < 1.29 is 9.59 Å². The molecule has 0 heterocycles. The van der Waals surface area contributed by atoms with Gasteiger partial charge in [0.2, 0.25) is 11.8 Å². The fourth-order valence-corrected chi connectivity index (χ4v) is 5.98. The quantitative estimate of drug-likeness (QED) is 0.276. The molecule has 1 saturated carbocycles. The van der Waals surface area contributed by atoms with E-state index in [4.69, 9.17) is 0 Å². The molecule has 1 atom stereocenters. The van der Waals surface area contributed by atoms with E-state index in [2.05, 4.69) is 52.4 Å². The number of halogens is 1. The van der Waals surface area contributed by atoms with Gasteiger partial charge in [0.25, 0.3) is 0 Å². The minimum Gasteiger partial charge on any atom is -0.352 e. The molecule has 1 fully saturated rings. The summed E-state index contributed by atoms with van der Waals surface area (Å²) in [5.74, 6) is 1.01. The first-order valence-corrected chi connectivity index (χ1v) is 14.9. The number of hydrogen-bond donors (Lipinski definition) is 1. The lowest BCUT2D eigenvalue weighted by molar-refractivity contribution is -0.139. The Labute approximate surface area is 233 Å². The second-order valence-electron chi connectivity index (χ2n) is 9.83. The Bertz CT molecular complexity index is 1160. The summed E-state index contributed by atoms with van der Waals surface area (Å²) >= 11 is 5.07. The number of thioether (sulfide) groups is 1. The molecule has 3 aromatic rings. The Hall–Kier alpha value is -2.57. The van der Waals surface area contributed by atoms with Crippen LogP contribution in [0.5, 0.6) is 0 Å². The number of carbonyl (C=O) groups excluding carboxylic acids is 2. The van der Waals surface area contributed by atoms with Crippen molar-refractivity contribution in [2.45, 2.75) is 63.4 Å². The first kappa shape index (κ1) is 27.5. The molecule has 194 valence electrons. The van der Waals surface area contributed by atoms with E-state index in [1.54, 1.807) is 16.7 Å². The highest BCUT2D eigenvalue weighted by Gasteiger charge is 2.32. The van der Waals surface area contributed by atoms with E-state index >= 15 is 0 Å². The van der Waals surface area contributed by atoms with Gasteiger partial charge in [0.1, 0.15) is 6.04 Å². The van der Waals surface area contributed by atoms with Gasteiger partial charge in [-0.2, -0.15) is 0 Å². The molecule has 1 N–H and O–H groups in total.